The second-order valence-electron chi connectivity index (χ2n) is 6.65. The van der Waals surface area contributed by atoms with Crippen LogP contribution in [0.2, 0.25) is 0 Å². The summed E-state index contributed by atoms with van der Waals surface area (Å²) < 4.78 is 0. The van der Waals surface area contributed by atoms with Gasteiger partial charge in [-0.25, -0.2) is 9.59 Å². The van der Waals surface area contributed by atoms with Crippen LogP contribution in [0.15, 0.2) is 9.98 Å². The van der Waals surface area contributed by atoms with E-state index in [1.165, 1.54) is 44.9 Å². The summed E-state index contributed by atoms with van der Waals surface area (Å²) in [6, 6.07) is 0. The lowest BCUT2D eigenvalue weighted by Crippen LogP contribution is -2.37. The topological polar surface area (TPSA) is 58.9 Å². The maximum absolute atomic E-state index is 10.7. The highest BCUT2D eigenvalue weighted by atomic mass is 16.1. The van der Waals surface area contributed by atoms with E-state index < -0.39 is 5.66 Å². The predicted molar refractivity (Wildman–Crippen MR) is 81.3 cm³/mol. The third kappa shape index (κ3) is 3.70. The number of aliphatic imine (C=N–C) groups is 2. The molecule has 2 rings (SSSR count). The molecule has 2 fully saturated rings. The average Bonchev–Trinajstić information content (AvgIpc) is 2.55. The summed E-state index contributed by atoms with van der Waals surface area (Å²) in [5, 5.41) is 0. The third-order valence-electron chi connectivity index (χ3n) is 5.74. The average molecular weight is 290 g/mol. The lowest BCUT2D eigenvalue weighted by molar-refractivity contribution is 0.126. The lowest BCUT2D eigenvalue weighted by Gasteiger charge is -2.40. The highest BCUT2D eigenvalue weighted by Crippen LogP contribution is 2.44. The van der Waals surface area contributed by atoms with Crippen molar-refractivity contribution in [2.45, 2.75) is 76.8 Å². The zero-order valence-corrected chi connectivity index (χ0v) is 13.0. The van der Waals surface area contributed by atoms with Crippen molar-refractivity contribution < 1.29 is 9.59 Å². The standard InChI is InChI=1S/C17H26N2O2/c1-2-17(18-12-20,19-13-21)16-10-8-15(9-11-16)14-6-4-3-5-7-14/h14-16H,2-11H2,1H3. The summed E-state index contributed by atoms with van der Waals surface area (Å²) in [6.45, 7) is 1.93. The van der Waals surface area contributed by atoms with E-state index in [0.29, 0.717) is 6.42 Å². The predicted octanol–water partition coefficient (Wildman–Crippen LogP) is 4.15. The molecule has 2 aliphatic carbocycles. The molecule has 0 saturated heterocycles. The van der Waals surface area contributed by atoms with E-state index in [9.17, 15) is 9.59 Å². The Bertz CT molecular complexity index is 404. The first-order valence-corrected chi connectivity index (χ1v) is 8.43. The zero-order chi connectivity index (χ0) is 15.1. The summed E-state index contributed by atoms with van der Waals surface area (Å²) in [7, 11) is 0. The van der Waals surface area contributed by atoms with Gasteiger partial charge in [-0.15, -0.1) is 0 Å². The smallest absolute Gasteiger partial charge is 0.211 e. The number of rotatable bonds is 5. The summed E-state index contributed by atoms with van der Waals surface area (Å²) in [5.41, 5.74) is -0.902. The van der Waals surface area contributed by atoms with Crippen LogP contribution in [0.1, 0.15) is 71.1 Å². The van der Waals surface area contributed by atoms with Crippen molar-refractivity contribution in [3.63, 3.8) is 0 Å². The van der Waals surface area contributed by atoms with E-state index in [-0.39, 0.29) is 5.92 Å². The van der Waals surface area contributed by atoms with Crippen molar-refractivity contribution >= 4 is 12.2 Å². The van der Waals surface area contributed by atoms with Crippen LogP contribution in [0.4, 0.5) is 0 Å². The van der Waals surface area contributed by atoms with E-state index in [2.05, 4.69) is 9.98 Å². The van der Waals surface area contributed by atoms with Gasteiger partial charge in [0.15, 0.2) is 5.66 Å². The molecule has 0 heterocycles. The number of isocyanates is 2. The van der Waals surface area contributed by atoms with Gasteiger partial charge in [0.2, 0.25) is 12.2 Å². The Morgan fingerprint density at radius 3 is 1.86 bits per heavy atom. The van der Waals surface area contributed by atoms with Gasteiger partial charge in [-0.3, -0.25) is 0 Å². The molecular weight excluding hydrogens is 264 g/mol. The van der Waals surface area contributed by atoms with Crippen LogP contribution < -0.4 is 0 Å². The van der Waals surface area contributed by atoms with Gasteiger partial charge in [0.1, 0.15) is 0 Å². The molecule has 0 unspecified atom stereocenters. The molecule has 21 heavy (non-hydrogen) atoms. The maximum atomic E-state index is 10.7. The minimum atomic E-state index is -0.902. The lowest BCUT2D eigenvalue weighted by atomic mass is 9.68. The molecule has 116 valence electrons. The first kappa shape index (κ1) is 16.1. The molecule has 0 aliphatic heterocycles. The molecule has 0 aromatic rings. The van der Waals surface area contributed by atoms with Crippen molar-refractivity contribution in [2.24, 2.45) is 27.7 Å². The second kappa shape index (κ2) is 7.68. The van der Waals surface area contributed by atoms with Crippen LogP contribution in [0.25, 0.3) is 0 Å². The molecule has 0 aromatic heterocycles. The fraction of sp³-hybridized carbons (Fsp3) is 0.882. The molecule has 4 heteroatoms. The van der Waals surface area contributed by atoms with Crippen molar-refractivity contribution in [3.8, 4) is 0 Å². The van der Waals surface area contributed by atoms with Crippen LogP contribution in [0.3, 0.4) is 0 Å². The summed E-state index contributed by atoms with van der Waals surface area (Å²) in [6.07, 6.45) is 15.1. The second-order valence-corrected chi connectivity index (χ2v) is 6.65. The molecule has 0 spiro atoms. The highest BCUT2D eigenvalue weighted by Gasteiger charge is 2.41. The molecule has 0 N–H and O–H groups in total. The fourth-order valence-corrected chi connectivity index (χ4v) is 4.47. The number of hydrogen-bond acceptors (Lipinski definition) is 4. The van der Waals surface area contributed by atoms with Crippen LogP contribution in [0.5, 0.6) is 0 Å². The largest absolute Gasteiger partial charge is 0.237 e. The van der Waals surface area contributed by atoms with Crippen LogP contribution in [0, 0.1) is 17.8 Å². The van der Waals surface area contributed by atoms with Crippen LogP contribution in [-0.2, 0) is 9.59 Å². The Kier molecular flexibility index (Phi) is 5.90. The molecule has 2 aliphatic rings. The molecule has 0 aromatic carbocycles. The van der Waals surface area contributed by atoms with Gasteiger partial charge in [-0.2, -0.15) is 9.98 Å². The molecule has 2 saturated carbocycles. The fourth-order valence-electron chi connectivity index (χ4n) is 4.47. The van der Waals surface area contributed by atoms with Crippen molar-refractivity contribution in [3.05, 3.63) is 0 Å². The van der Waals surface area contributed by atoms with Gasteiger partial charge in [-0.1, -0.05) is 39.0 Å². The molecule has 4 nitrogen and oxygen atoms in total. The van der Waals surface area contributed by atoms with E-state index in [4.69, 9.17) is 0 Å². The van der Waals surface area contributed by atoms with Gasteiger partial charge >= 0.3 is 0 Å². The normalized spacial score (nSPS) is 29.8. The van der Waals surface area contributed by atoms with E-state index in [1.54, 1.807) is 12.2 Å². The summed E-state index contributed by atoms with van der Waals surface area (Å²) in [5.74, 6) is 1.89. The number of hydrogen-bond donors (Lipinski definition) is 0. The molecular formula is C17H26N2O2. The zero-order valence-electron chi connectivity index (χ0n) is 13.0. The quantitative estimate of drug-likeness (QED) is 0.564. The van der Waals surface area contributed by atoms with E-state index >= 15 is 0 Å². The Hall–Kier alpha value is -1.24. The van der Waals surface area contributed by atoms with Gasteiger partial charge in [-0.05, 0) is 43.9 Å². The Morgan fingerprint density at radius 1 is 0.857 bits per heavy atom. The molecule has 0 amide bonds. The van der Waals surface area contributed by atoms with Crippen molar-refractivity contribution in [2.75, 3.05) is 0 Å². The van der Waals surface area contributed by atoms with Gasteiger partial charge in [0.25, 0.3) is 0 Å². The molecule has 0 bridgehead atoms. The first-order valence-electron chi connectivity index (χ1n) is 8.43. The van der Waals surface area contributed by atoms with E-state index in [1.807, 2.05) is 6.92 Å². The van der Waals surface area contributed by atoms with Crippen molar-refractivity contribution in [1.82, 2.24) is 0 Å². The third-order valence-corrected chi connectivity index (χ3v) is 5.74. The number of carbonyl (C=O) groups excluding carboxylic acids is 2. The van der Waals surface area contributed by atoms with Crippen LogP contribution >= 0.6 is 0 Å². The van der Waals surface area contributed by atoms with Gasteiger partial charge < -0.3 is 0 Å². The molecule has 0 radical (unpaired) electrons. The minimum absolute atomic E-state index is 0.185. The first-order chi connectivity index (χ1) is 10.3. The Balaban J connectivity index is 2.00. The maximum Gasteiger partial charge on any atom is 0.237 e. The van der Waals surface area contributed by atoms with E-state index in [0.717, 1.165) is 24.7 Å². The summed E-state index contributed by atoms with van der Waals surface area (Å²) in [4.78, 5) is 29.2. The van der Waals surface area contributed by atoms with Crippen LogP contribution in [-0.4, -0.2) is 17.8 Å². The molecule has 0 atom stereocenters. The SMILES string of the molecule is CCC(N=C=O)(N=C=O)C1CCC(C2CCCCC2)CC1. The Morgan fingerprint density at radius 2 is 1.38 bits per heavy atom. The minimum Gasteiger partial charge on any atom is -0.211 e. The van der Waals surface area contributed by atoms with Crippen molar-refractivity contribution in [1.29, 1.82) is 0 Å². The van der Waals surface area contributed by atoms with Gasteiger partial charge in [0, 0.05) is 5.92 Å². The Labute approximate surface area is 127 Å². The highest BCUT2D eigenvalue weighted by molar-refractivity contribution is 5.39. The van der Waals surface area contributed by atoms with Gasteiger partial charge in [0.05, 0.1) is 0 Å². The summed E-state index contributed by atoms with van der Waals surface area (Å²) >= 11 is 0. The number of nitrogens with zero attached hydrogens (tertiary/aromatic N) is 2. The monoisotopic (exact) mass is 290 g/mol.